The third kappa shape index (κ3) is 1320. The van der Waals surface area contributed by atoms with Crippen LogP contribution in [-0.2, 0) is 34.9 Å². The fraction of sp³-hybridized carbons (Fsp3) is 0. The molecule has 0 spiro atoms. The zero-order chi connectivity index (χ0) is 12.6. The van der Waals surface area contributed by atoms with Gasteiger partial charge in [0.25, 0.3) is 0 Å². The quantitative estimate of drug-likeness (QED) is 0.182. The minimum absolute atomic E-state index is 0. The fourth-order valence-electron chi connectivity index (χ4n) is 0. The second kappa shape index (κ2) is 14.6. The van der Waals surface area contributed by atoms with Crippen molar-refractivity contribution in [2.45, 2.75) is 0 Å². The number of nitrogens with zero attached hydrogens (tertiary/aromatic N) is 1. The Morgan fingerprint density at radius 3 is 1.06 bits per heavy atom. The molecule has 0 aromatic rings. The van der Waals surface area contributed by atoms with Gasteiger partial charge in [0.05, 0.1) is 5.09 Å². The average Bonchev–Trinajstić information content (AvgIpc) is 1.45. The van der Waals surface area contributed by atoms with Gasteiger partial charge in [0.2, 0.25) is 0 Å². The first-order valence-electron chi connectivity index (χ1n) is 1.86. The maximum absolute atomic E-state index is 8.74. The van der Waals surface area contributed by atoms with E-state index in [0.29, 0.717) is 0 Å². The Bertz CT molecular complexity index is 374. The molecule has 0 aliphatic heterocycles. The van der Waals surface area contributed by atoms with Gasteiger partial charge in [-0.1, -0.05) is 0 Å². The van der Waals surface area contributed by atoms with Gasteiger partial charge < -0.3 is 15.3 Å². The molecule has 0 aromatic heterocycles. The van der Waals surface area contributed by atoms with Crippen molar-refractivity contribution in [3.05, 3.63) is 15.3 Å². The van der Waals surface area contributed by atoms with E-state index < -0.39 is 28.5 Å². The second-order valence-electron chi connectivity index (χ2n) is 1.05. The van der Waals surface area contributed by atoms with Gasteiger partial charge in [-0.2, -0.15) is 8.42 Å². The molecule has 0 amide bonds. The normalized spacial score (nSPS) is 8.69. The van der Waals surface area contributed by atoms with Crippen molar-refractivity contribution in [2.75, 3.05) is 0 Å². The van der Waals surface area contributed by atoms with Crippen LogP contribution in [0.1, 0.15) is 0 Å². The summed E-state index contributed by atoms with van der Waals surface area (Å²) in [6.45, 7) is 0. The molecule has 0 aliphatic carbocycles. The zero-order valence-electron chi connectivity index (χ0n) is 7.80. The average molecular weight is 341 g/mol. The molecule has 0 aromatic carbocycles. The van der Waals surface area contributed by atoms with Crippen LogP contribution in [0.4, 0.5) is 0 Å². The molecule has 0 unspecified atom stereocenters. The van der Waals surface area contributed by atoms with Crippen LogP contribution < -0.4 is 85.1 Å². The molecule has 16 heavy (non-hydrogen) atoms. The van der Waals surface area contributed by atoms with E-state index >= 15 is 0 Å². The van der Waals surface area contributed by atoms with E-state index in [9.17, 15) is 0 Å². The second-order valence-corrected chi connectivity index (χ2v) is 3.13. The third-order valence-electron chi connectivity index (χ3n) is 0. The summed E-state index contributed by atoms with van der Waals surface area (Å²) in [5, 5.41) is 14.8. The molecule has 0 saturated carbocycles. The minimum atomic E-state index is -5.62. The van der Waals surface area contributed by atoms with Crippen LogP contribution in [0.2, 0.25) is 0 Å². The molecule has 0 radical (unpaired) electrons. The van der Waals surface area contributed by atoms with Crippen molar-refractivity contribution in [1.82, 2.24) is 0 Å². The third-order valence-corrected chi connectivity index (χ3v) is 0. The van der Waals surface area contributed by atoms with E-state index in [4.69, 9.17) is 48.5 Å². The molecule has 88 valence electrons. The Morgan fingerprint density at radius 1 is 1.06 bits per heavy atom. The van der Waals surface area contributed by atoms with Crippen molar-refractivity contribution in [1.29, 1.82) is 0 Å². The van der Waals surface area contributed by atoms with E-state index in [1.807, 2.05) is 0 Å². The topological polar surface area (TPSA) is 215 Å². The van der Waals surface area contributed by atoms with Crippen LogP contribution in [0.3, 0.4) is 0 Å². The van der Waals surface area contributed by atoms with Gasteiger partial charge in [0.1, 0.15) is 0 Å². The van der Waals surface area contributed by atoms with Crippen molar-refractivity contribution in [2.24, 2.45) is 0 Å². The first kappa shape index (κ1) is 30.5. The first-order valence-corrected chi connectivity index (χ1v) is 5.19. The molecule has 16 heteroatoms. The van der Waals surface area contributed by atoms with Crippen molar-refractivity contribution >= 4 is 10.4 Å². The summed E-state index contributed by atoms with van der Waals surface area (Å²) in [5.74, 6) is 0. The van der Waals surface area contributed by atoms with Crippen molar-refractivity contribution < 1.29 is 132 Å². The fourth-order valence-corrected chi connectivity index (χ4v) is 0. The maximum atomic E-state index is 8.74. The molecule has 0 saturated heterocycles. The molecule has 0 bridgehead atoms. The standard InChI is InChI=1S/K.Mn.NO3.Na.H2O4S.4O/c;;2-1(3)4;;1-5(2,3)4;;;;/h;;;;(H2,1,2,3,4);;;;/q+1;;-1;+1;;;;;-1. The molecular weight excluding hydrogens is 339 g/mol. The van der Waals surface area contributed by atoms with E-state index in [0.717, 1.165) is 0 Å². The van der Waals surface area contributed by atoms with Crippen LogP contribution in [0.25, 0.3) is 0 Å². The zero-order valence-corrected chi connectivity index (χ0v) is 14.9. The van der Waals surface area contributed by atoms with E-state index in [1.165, 1.54) is 0 Å². The number of rotatable bonds is 0. The molecule has 0 rings (SSSR count). The van der Waals surface area contributed by atoms with Gasteiger partial charge in [-0.25, -0.2) is 0 Å². The van der Waals surface area contributed by atoms with Gasteiger partial charge in [-0.3, -0.25) is 9.11 Å². The van der Waals surface area contributed by atoms with Crippen molar-refractivity contribution in [3.8, 4) is 0 Å². The SMILES string of the molecule is O=S(=O)(O)O.O=[N+]([O-])[O-].[K+].[Na+].[O]=[Mn](=[O])(=[O])[O-]. The molecule has 0 atom stereocenters. The Kier molecular flexibility index (Phi) is 28.0. The molecule has 0 fully saturated rings. The molecule has 12 nitrogen and oxygen atoms in total. The van der Waals surface area contributed by atoms with Gasteiger partial charge in [0, 0.05) is 0 Å². The predicted molar refractivity (Wildman–Crippen MR) is 26.6 cm³/mol. The molecule has 2 N–H and O–H groups in total. The molecular formula is H2KMnNNaO11S. The van der Waals surface area contributed by atoms with Gasteiger partial charge in [-0.05, 0) is 0 Å². The summed E-state index contributed by atoms with van der Waals surface area (Å²) in [6, 6.07) is 0. The first-order chi connectivity index (χ1) is 5.73. The van der Waals surface area contributed by atoms with Crippen LogP contribution in [0, 0.1) is 15.3 Å². The molecule has 0 heterocycles. The van der Waals surface area contributed by atoms with E-state index in [-0.39, 0.29) is 80.9 Å². The summed E-state index contributed by atoms with van der Waals surface area (Å²) in [7, 11) is -4.67. The summed E-state index contributed by atoms with van der Waals surface area (Å²) in [5.41, 5.74) is 0. The van der Waals surface area contributed by atoms with Crippen LogP contribution >= 0.6 is 0 Å². The van der Waals surface area contributed by atoms with Crippen LogP contribution in [-0.4, -0.2) is 22.6 Å². The number of hydrogen-bond donors (Lipinski definition) is 2. The number of hydrogen-bond acceptors (Lipinski definition) is 9. The van der Waals surface area contributed by atoms with E-state index in [1.54, 1.807) is 0 Å². The Hall–Kier alpha value is 1.59. The predicted octanol–water partition coefficient (Wildman–Crippen LogP) is -8.43. The summed E-state index contributed by atoms with van der Waals surface area (Å²) < 4.78 is 65.9. The van der Waals surface area contributed by atoms with Gasteiger partial charge in [-0.15, -0.1) is 0 Å². The van der Waals surface area contributed by atoms with Crippen LogP contribution in [0.5, 0.6) is 0 Å². The van der Waals surface area contributed by atoms with Gasteiger partial charge in [0.15, 0.2) is 0 Å². The van der Waals surface area contributed by atoms with E-state index in [2.05, 4.69) is 0 Å². The monoisotopic (exact) mass is 341 g/mol. The summed E-state index contributed by atoms with van der Waals surface area (Å²) in [6.07, 6.45) is 0. The van der Waals surface area contributed by atoms with Gasteiger partial charge >= 0.3 is 120 Å². The Morgan fingerprint density at radius 2 is 1.06 bits per heavy atom. The Labute approximate surface area is 155 Å². The Balaban J connectivity index is -0.0000000358. The summed E-state index contributed by atoms with van der Waals surface area (Å²) in [4.78, 5) is 8.25. The molecule has 0 aliphatic rings. The van der Waals surface area contributed by atoms with Crippen LogP contribution in [0.15, 0.2) is 0 Å². The summed E-state index contributed by atoms with van der Waals surface area (Å²) >= 11 is -5.62. The van der Waals surface area contributed by atoms with Crippen molar-refractivity contribution in [3.63, 3.8) is 0 Å².